The van der Waals surface area contributed by atoms with Crippen molar-refractivity contribution >= 4 is 33.4 Å². The summed E-state index contributed by atoms with van der Waals surface area (Å²) in [6, 6.07) is 7.13. The van der Waals surface area contributed by atoms with E-state index < -0.39 is 38.9 Å². The van der Waals surface area contributed by atoms with Crippen LogP contribution in [0.5, 0.6) is 5.75 Å². The van der Waals surface area contributed by atoms with Crippen LogP contribution in [0.3, 0.4) is 0 Å². The summed E-state index contributed by atoms with van der Waals surface area (Å²) in [6.45, 7) is 1.56. The highest BCUT2D eigenvalue weighted by atomic mass is 16.6. The van der Waals surface area contributed by atoms with E-state index in [0.717, 1.165) is 6.07 Å². The molecule has 1 heterocycles. The number of fused-ring (bicyclic) bond motifs is 3. The Morgan fingerprint density at radius 3 is 2.71 bits per heavy atom. The third-order valence-electron chi connectivity index (χ3n) is 3.53. The van der Waals surface area contributed by atoms with E-state index in [-0.39, 0.29) is 23.0 Å². The Hall–Kier alpha value is -3.42. The van der Waals surface area contributed by atoms with Crippen LogP contribution in [0.25, 0.3) is 21.7 Å². The third-order valence-corrected chi connectivity index (χ3v) is 3.53. The van der Waals surface area contributed by atoms with Gasteiger partial charge in [0.2, 0.25) is 0 Å². The van der Waals surface area contributed by atoms with Crippen LogP contribution in [0.1, 0.15) is 17.3 Å². The number of phenolic OH excluding ortho intramolecular Hbond substituents is 1. The van der Waals surface area contributed by atoms with Gasteiger partial charge in [0.15, 0.2) is 0 Å². The maximum Gasteiger partial charge on any atom is 0.348 e. The molecule has 3 rings (SSSR count). The fourth-order valence-electron chi connectivity index (χ4n) is 2.55. The normalized spacial score (nSPS) is 10.9. The number of hydrogen-bond donors (Lipinski definition) is 1. The first-order chi connectivity index (χ1) is 11.5. The Labute approximate surface area is 134 Å². The summed E-state index contributed by atoms with van der Waals surface area (Å²) in [6.07, 6.45) is 0. The van der Waals surface area contributed by atoms with Crippen LogP contribution in [0.2, 0.25) is 0 Å². The fourth-order valence-corrected chi connectivity index (χ4v) is 2.55. The Morgan fingerprint density at radius 1 is 1.33 bits per heavy atom. The summed E-state index contributed by atoms with van der Waals surface area (Å²) in [5.41, 5.74) is -1.79. The van der Waals surface area contributed by atoms with Gasteiger partial charge in [0.25, 0.3) is 5.69 Å². The summed E-state index contributed by atoms with van der Waals surface area (Å²) in [7, 11) is 0. The zero-order valence-electron chi connectivity index (χ0n) is 12.4. The zero-order chi connectivity index (χ0) is 17.4. The number of carbonyl (C=O) groups is 1. The van der Waals surface area contributed by atoms with Crippen molar-refractivity contribution in [2.24, 2.45) is 0 Å². The maximum atomic E-state index is 12.2. The van der Waals surface area contributed by atoms with Crippen molar-refractivity contribution in [3.05, 3.63) is 56.4 Å². The Bertz CT molecular complexity index is 1050. The lowest BCUT2D eigenvalue weighted by Crippen LogP contribution is -2.09. The molecule has 0 saturated carbocycles. The van der Waals surface area contributed by atoms with Crippen LogP contribution in [-0.4, -0.2) is 22.6 Å². The molecule has 122 valence electrons. The van der Waals surface area contributed by atoms with Gasteiger partial charge in [-0.2, -0.15) is 0 Å². The molecule has 0 atom stereocenters. The number of non-ortho nitro benzene ring substituents is 1. The monoisotopic (exact) mass is 329 g/mol. The molecule has 24 heavy (non-hydrogen) atoms. The van der Waals surface area contributed by atoms with E-state index in [1.165, 1.54) is 12.1 Å². The van der Waals surface area contributed by atoms with E-state index in [2.05, 4.69) is 0 Å². The Kier molecular flexibility index (Phi) is 3.64. The highest BCUT2D eigenvalue weighted by Gasteiger charge is 2.27. The Morgan fingerprint density at radius 2 is 2.04 bits per heavy atom. The van der Waals surface area contributed by atoms with Gasteiger partial charge in [-0.05, 0) is 13.0 Å². The lowest BCUT2D eigenvalue weighted by molar-refractivity contribution is -0.383. The van der Waals surface area contributed by atoms with Gasteiger partial charge in [0.1, 0.15) is 22.3 Å². The first-order valence-electron chi connectivity index (χ1n) is 6.98. The molecule has 0 unspecified atom stereocenters. The summed E-state index contributed by atoms with van der Waals surface area (Å²) in [5, 5.41) is 21.5. The van der Waals surface area contributed by atoms with Crippen molar-refractivity contribution in [1.29, 1.82) is 0 Å². The SMILES string of the molecule is CCOC(=O)c1cc([N+](=O)[O-])c2c(c1O)c(=O)oc1ccccc12. The lowest BCUT2D eigenvalue weighted by atomic mass is 10.0. The molecular formula is C16H11NO7. The molecule has 0 aliphatic rings. The molecular weight excluding hydrogens is 318 g/mol. The molecule has 0 amide bonds. The number of nitrogens with zero attached hydrogens (tertiary/aromatic N) is 1. The molecule has 0 aliphatic carbocycles. The van der Waals surface area contributed by atoms with E-state index in [0.29, 0.717) is 0 Å². The van der Waals surface area contributed by atoms with Crippen LogP contribution in [0.4, 0.5) is 5.69 Å². The third kappa shape index (κ3) is 2.24. The molecule has 3 aromatic rings. The van der Waals surface area contributed by atoms with Gasteiger partial charge < -0.3 is 14.3 Å². The molecule has 1 N–H and O–H groups in total. The van der Waals surface area contributed by atoms with Crippen LogP contribution in [-0.2, 0) is 4.74 Å². The van der Waals surface area contributed by atoms with E-state index in [1.807, 2.05) is 0 Å². The highest BCUT2D eigenvalue weighted by molar-refractivity contribution is 6.14. The molecule has 0 fully saturated rings. The minimum atomic E-state index is -0.976. The van der Waals surface area contributed by atoms with Gasteiger partial charge in [0, 0.05) is 11.5 Å². The average molecular weight is 329 g/mol. The van der Waals surface area contributed by atoms with Crippen molar-refractivity contribution < 1.29 is 24.0 Å². The summed E-state index contributed by atoms with van der Waals surface area (Å²) >= 11 is 0. The molecule has 0 bridgehead atoms. The number of benzene rings is 2. The van der Waals surface area contributed by atoms with E-state index in [4.69, 9.17) is 9.15 Å². The molecule has 1 aromatic heterocycles. The standard InChI is InChI=1S/C16H11NO7/c1-2-23-15(19)9-7-10(17(21)22)12-8-5-3-4-6-11(8)24-16(20)13(12)14(9)18/h3-7,18H,2H2,1H3. The predicted octanol–water partition coefficient (Wildman–Crippen LogP) is 2.74. The quantitative estimate of drug-likeness (QED) is 0.258. The van der Waals surface area contributed by atoms with Crippen molar-refractivity contribution in [3.63, 3.8) is 0 Å². The van der Waals surface area contributed by atoms with Crippen LogP contribution >= 0.6 is 0 Å². The van der Waals surface area contributed by atoms with Gasteiger partial charge in [-0.1, -0.05) is 18.2 Å². The number of phenols is 1. The second-order valence-electron chi connectivity index (χ2n) is 4.91. The topological polar surface area (TPSA) is 120 Å². The van der Waals surface area contributed by atoms with Crippen molar-refractivity contribution in [2.75, 3.05) is 6.61 Å². The van der Waals surface area contributed by atoms with Crippen molar-refractivity contribution in [2.45, 2.75) is 6.92 Å². The molecule has 8 nitrogen and oxygen atoms in total. The van der Waals surface area contributed by atoms with Crippen LogP contribution in [0.15, 0.2) is 39.5 Å². The van der Waals surface area contributed by atoms with Gasteiger partial charge in [-0.3, -0.25) is 10.1 Å². The zero-order valence-corrected chi connectivity index (χ0v) is 12.4. The van der Waals surface area contributed by atoms with Gasteiger partial charge in [-0.15, -0.1) is 0 Å². The molecule has 0 spiro atoms. The van der Waals surface area contributed by atoms with Crippen molar-refractivity contribution in [3.8, 4) is 5.75 Å². The van der Waals surface area contributed by atoms with Gasteiger partial charge in [-0.25, -0.2) is 9.59 Å². The second-order valence-corrected chi connectivity index (χ2v) is 4.91. The molecule has 8 heteroatoms. The number of ether oxygens (including phenoxy) is 1. The van der Waals surface area contributed by atoms with Crippen LogP contribution < -0.4 is 5.63 Å². The fraction of sp³-hybridized carbons (Fsp3) is 0.125. The molecule has 2 aromatic carbocycles. The predicted molar refractivity (Wildman–Crippen MR) is 84.3 cm³/mol. The summed E-state index contributed by atoms with van der Waals surface area (Å²) in [4.78, 5) is 34.9. The minimum Gasteiger partial charge on any atom is -0.506 e. The maximum absolute atomic E-state index is 12.2. The average Bonchev–Trinajstić information content (AvgIpc) is 2.54. The largest absolute Gasteiger partial charge is 0.506 e. The highest BCUT2D eigenvalue weighted by Crippen LogP contribution is 2.38. The second kappa shape index (κ2) is 5.65. The van der Waals surface area contributed by atoms with E-state index >= 15 is 0 Å². The number of carbonyl (C=O) groups excluding carboxylic acids is 1. The lowest BCUT2D eigenvalue weighted by Gasteiger charge is -2.09. The number of aromatic hydroxyl groups is 1. The van der Waals surface area contributed by atoms with E-state index in [1.54, 1.807) is 19.1 Å². The molecule has 0 aliphatic heterocycles. The number of para-hydroxylation sites is 1. The van der Waals surface area contributed by atoms with Gasteiger partial charge >= 0.3 is 11.6 Å². The minimum absolute atomic E-state index is 0.0104. The van der Waals surface area contributed by atoms with E-state index in [9.17, 15) is 24.8 Å². The summed E-state index contributed by atoms with van der Waals surface area (Å²) in [5.74, 6) is -1.67. The molecule has 0 saturated heterocycles. The number of nitro groups is 1. The number of rotatable bonds is 3. The summed E-state index contributed by atoms with van der Waals surface area (Å²) < 4.78 is 9.86. The Balaban J connectivity index is 2.56. The molecule has 0 radical (unpaired) electrons. The van der Waals surface area contributed by atoms with Gasteiger partial charge in [0.05, 0.1) is 16.9 Å². The number of nitro benzene ring substituents is 1. The smallest absolute Gasteiger partial charge is 0.348 e. The number of esters is 1. The first kappa shape index (κ1) is 15.5. The first-order valence-corrected chi connectivity index (χ1v) is 6.98. The van der Waals surface area contributed by atoms with Crippen LogP contribution in [0, 0.1) is 10.1 Å². The number of hydrogen-bond acceptors (Lipinski definition) is 7. The van der Waals surface area contributed by atoms with Crippen molar-refractivity contribution in [1.82, 2.24) is 0 Å².